The van der Waals surface area contributed by atoms with Gasteiger partial charge in [0.15, 0.2) is 5.43 Å². The molecule has 5 rings (SSSR count). The number of hydrogen-bond acceptors (Lipinski definition) is 7. The van der Waals surface area contributed by atoms with Crippen molar-refractivity contribution in [2.45, 2.75) is 13.0 Å². The van der Waals surface area contributed by atoms with Crippen LogP contribution in [0.4, 0.5) is 5.13 Å². The van der Waals surface area contributed by atoms with Gasteiger partial charge in [-0.3, -0.25) is 14.5 Å². The standard InChI is InChI=1S/C23H17N3O4S/c1-3-9-29-15-6-4-5-14(11-15)19-18-20(27)16-10-13(2)7-8-17(16)30-21(18)22(28)26(19)23-25-24-12-31-23/h3-8,10-12,19H,1,9H2,2H3/t19-/m1/s1. The largest absolute Gasteiger partial charge is 0.490 e. The minimum absolute atomic E-state index is 0.0268. The molecule has 0 aliphatic carbocycles. The first kappa shape index (κ1) is 19.2. The van der Waals surface area contributed by atoms with E-state index < -0.39 is 11.9 Å². The maximum Gasteiger partial charge on any atom is 0.297 e. The quantitative estimate of drug-likeness (QED) is 0.439. The molecule has 0 spiro atoms. The maximum atomic E-state index is 13.6. The first-order chi connectivity index (χ1) is 15.1. The summed E-state index contributed by atoms with van der Waals surface area (Å²) in [6.07, 6.45) is 1.65. The number of anilines is 1. The fourth-order valence-corrected chi connectivity index (χ4v) is 4.39. The Morgan fingerprint density at radius 2 is 2.13 bits per heavy atom. The molecule has 2 aromatic carbocycles. The van der Waals surface area contributed by atoms with Gasteiger partial charge in [-0.2, -0.15) is 0 Å². The lowest BCUT2D eigenvalue weighted by molar-refractivity contribution is 0.0970. The second-order valence-electron chi connectivity index (χ2n) is 7.14. The second kappa shape index (κ2) is 7.48. The summed E-state index contributed by atoms with van der Waals surface area (Å²) in [6.45, 7) is 5.91. The van der Waals surface area contributed by atoms with Crippen LogP contribution in [0.15, 0.2) is 69.8 Å². The summed E-state index contributed by atoms with van der Waals surface area (Å²) in [7, 11) is 0. The van der Waals surface area contributed by atoms with E-state index >= 15 is 0 Å². The molecule has 7 nitrogen and oxygen atoms in total. The first-order valence-electron chi connectivity index (χ1n) is 9.59. The van der Waals surface area contributed by atoms with Crippen molar-refractivity contribution < 1.29 is 13.9 Å². The van der Waals surface area contributed by atoms with Crippen LogP contribution in [0.5, 0.6) is 5.75 Å². The third-order valence-electron chi connectivity index (χ3n) is 5.12. The predicted molar refractivity (Wildman–Crippen MR) is 118 cm³/mol. The summed E-state index contributed by atoms with van der Waals surface area (Å²) in [4.78, 5) is 28.4. The van der Waals surface area contributed by atoms with E-state index in [1.54, 1.807) is 23.7 Å². The Kier molecular flexibility index (Phi) is 4.63. The average Bonchev–Trinajstić information content (AvgIpc) is 3.40. The first-order valence-corrected chi connectivity index (χ1v) is 10.5. The van der Waals surface area contributed by atoms with Crippen molar-refractivity contribution in [1.82, 2.24) is 10.2 Å². The van der Waals surface area contributed by atoms with Crippen molar-refractivity contribution >= 4 is 33.3 Å². The number of nitrogens with zero attached hydrogens (tertiary/aromatic N) is 3. The SMILES string of the molecule is C=CCOc1cccc([C@@H]2c3c(oc4ccc(C)cc4c3=O)C(=O)N2c2nncs2)c1. The van der Waals surface area contributed by atoms with Crippen LogP contribution >= 0.6 is 11.3 Å². The number of benzene rings is 2. The molecule has 0 radical (unpaired) electrons. The van der Waals surface area contributed by atoms with Gasteiger partial charge < -0.3 is 9.15 Å². The third-order valence-corrected chi connectivity index (χ3v) is 5.81. The van der Waals surface area contributed by atoms with Crippen LogP contribution < -0.4 is 15.1 Å². The number of aryl methyl sites for hydroxylation is 1. The van der Waals surface area contributed by atoms with Crippen molar-refractivity contribution in [3.63, 3.8) is 0 Å². The van der Waals surface area contributed by atoms with Crippen LogP contribution in [0, 0.1) is 6.92 Å². The summed E-state index contributed by atoms with van der Waals surface area (Å²) in [6, 6.07) is 11.9. The van der Waals surface area contributed by atoms with E-state index in [1.807, 2.05) is 37.3 Å². The molecule has 0 unspecified atom stereocenters. The fraction of sp³-hybridized carbons (Fsp3) is 0.130. The summed E-state index contributed by atoms with van der Waals surface area (Å²) in [5, 5.41) is 8.77. The van der Waals surface area contributed by atoms with E-state index in [-0.39, 0.29) is 11.2 Å². The second-order valence-corrected chi connectivity index (χ2v) is 7.96. The highest BCUT2D eigenvalue weighted by atomic mass is 32.1. The van der Waals surface area contributed by atoms with Gasteiger partial charge in [-0.25, -0.2) is 0 Å². The van der Waals surface area contributed by atoms with Gasteiger partial charge in [-0.15, -0.1) is 10.2 Å². The monoisotopic (exact) mass is 431 g/mol. The van der Waals surface area contributed by atoms with Crippen molar-refractivity contribution in [2.24, 2.45) is 0 Å². The lowest BCUT2D eigenvalue weighted by Crippen LogP contribution is -2.29. The highest BCUT2D eigenvalue weighted by Crippen LogP contribution is 2.42. The number of hydrogen-bond donors (Lipinski definition) is 0. The fourth-order valence-electron chi connectivity index (χ4n) is 3.80. The molecule has 1 amide bonds. The van der Waals surface area contributed by atoms with Crippen LogP contribution in [0.3, 0.4) is 0 Å². The zero-order valence-corrected chi connectivity index (χ0v) is 17.4. The van der Waals surface area contributed by atoms with E-state index in [2.05, 4.69) is 16.8 Å². The molecule has 154 valence electrons. The van der Waals surface area contributed by atoms with Crippen LogP contribution in [-0.2, 0) is 0 Å². The number of carbonyl (C=O) groups is 1. The number of aromatic nitrogens is 2. The molecule has 1 atom stereocenters. The van der Waals surface area contributed by atoms with Crippen LogP contribution in [0.2, 0.25) is 0 Å². The zero-order valence-electron chi connectivity index (χ0n) is 16.6. The van der Waals surface area contributed by atoms with Gasteiger partial charge in [0.1, 0.15) is 23.4 Å². The number of ether oxygens (including phenoxy) is 1. The van der Waals surface area contributed by atoms with Gasteiger partial charge in [0, 0.05) is 0 Å². The zero-order chi connectivity index (χ0) is 21.5. The minimum Gasteiger partial charge on any atom is -0.490 e. The molecule has 0 N–H and O–H groups in total. The van der Waals surface area contributed by atoms with Crippen LogP contribution in [0.25, 0.3) is 11.0 Å². The molecule has 1 aliphatic heterocycles. The van der Waals surface area contributed by atoms with Gasteiger partial charge in [0.2, 0.25) is 10.9 Å². The Hall–Kier alpha value is -3.78. The van der Waals surface area contributed by atoms with Gasteiger partial charge in [-0.1, -0.05) is 47.8 Å². The summed E-state index contributed by atoms with van der Waals surface area (Å²) in [5.41, 5.74) is 3.62. The van der Waals surface area contributed by atoms with E-state index in [1.165, 1.54) is 16.2 Å². The summed E-state index contributed by atoms with van der Waals surface area (Å²) >= 11 is 1.22. The van der Waals surface area contributed by atoms with E-state index in [0.717, 1.165) is 5.56 Å². The molecule has 31 heavy (non-hydrogen) atoms. The Labute approximate surface area is 181 Å². The molecule has 3 heterocycles. The lowest BCUT2D eigenvalue weighted by atomic mass is 9.98. The smallest absolute Gasteiger partial charge is 0.297 e. The Bertz CT molecular complexity index is 1380. The van der Waals surface area contributed by atoms with Crippen molar-refractivity contribution in [3.8, 4) is 5.75 Å². The molecule has 0 fully saturated rings. The number of amides is 1. The number of fused-ring (bicyclic) bond motifs is 2. The van der Waals surface area contributed by atoms with Crippen LogP contribution in [-0.4, -0.2) is 22.7 Å². The topological polar surface area (TPSA) is 85.5 Å². The van der Waals surface area contributed by atoms with Gasteiger partial charge in [0.05, 0.1) is 17.0 Å². The maximum absolute atomic E-state index is 13.6. The van der Waals surface area contributed by atoms with Crippen molar-refractivity contribution in [2.75, 3.05) is 11.5 Å². The van der Waals surface area contributed by atoms with Crippen molar-refractivity contribution in [1.29, 1.82) is 0 Å². The minimum atomic E-state index is -0.705. The summed E-state index contributed by atoms with van der Waals surface area (Å²) in [5.74, 6) is 0.212. The molecular weight excluding hydrogens is 414 g/mol. The van der Waals surface area contributed by atoms with Gasteiger partial charge in [0.25, 0.3) is 5.91 Å². The Morgan fingerprint density at radius 3 is 2.90 bits per heavy atom. The average molecular weight is 431 g/mol. The molecule has 0 saturated heterocycles. The normalized spacial score (nSPS) is 15.3. The number of carbonyl (C=O) groups excluding carboxylic acids is 1. The lowest BCUT2D eigenvalue weighted by Gasteiger charge is -2.22. The van der Waals surface area contributed by atoms with Gasteiger partial charge in [-0.05, 0) is 36.8 Å². The molecule has 1 aliphatic rings. The highest BCUT2D eigenvalue weighted by molar-refractivity contribution is 7.13. The third kappa shape index (κ3) is 3.12. The molecule has 2 aromatic heterocycles. The van der Waals surface area contributed by atoms with E-state index in [0.29, 0.717) is 39.6 Å². The van der Waals surface area contributed by atoms with Gasteiger partial charge >= 0.3 is 0 Å². The van der Waals surface area contributed by atoms with Crippen LogP contribution in [0.1, 0.15) is 33.3 Å². The van der Waals surface area contributed by atoms with E-state index in [9.17, 15) is 9.59 Å². The number of rotatable bonds is 5. The Balaban J connectivity index is 1.76. The molecule has 0 saturated carbocycles. The molecule has 0 bridgehead atoms. The summed E-state index contributed by atoms with van der Waals surface area (Å²) < 4.78 is 11.6. The molecule has 8 heteroatoms. The van der Waals surface area contributed by atoms with E-state index in [4.69, 9.17) is 9.15 Å². The van der Waals surface area contributed by atoms with Crippen molar-refractivity contribution in [3.05, 3.63) is 93.3 Å². The highest BCUT2D eigenvalue weighted by Gasteiger charge is 2.45. The molecule has 4 aromatic rings. The molecular formula is C23H17N3O4S. The Morgan fingerprint density at radius 1 is 1.26 bits per heavy atom. The predicted octanol–water partition coefficient (Wildman–Crippen LogP) is 4.27.